The summed E-state index contributed by atoms with van der Waals surface area (Å²) in [6.07, 6.45) is 4.21. The zero-order valence-electron chi connectivity index (χ0n) is 11.7. The molecule has 0 radical (unpaired) electrons. The van der Waals surface area contributed by atoms with Crippen molar-refractivity contribution in [3.63, 3.8) is 0 Å². The minimum atomic E-state index is 0.0933. The fourth-order valence-corrected chi connectivity index (χ4v) is 2.64. The molecule has 2 atom stereocenters. The van der Waals surface area contributed by atoms with Crippen molar-refractivity contribution in [2.75, 3.05) is 13.1 Å². The van der Waals surface area contributed by atoms with E-state index in [2.05, 4.69) is 12.2 Å². The predicted molar refractivity (Wildman–Crippen MR) is 70.6 cm³/mol. The molecule has 0 aromatic rings. The second kappa shape index (κ2) is 7.83. The van der Waals surface area contributed by atoms with Gasteiger partial charge in [0.05, 0.1) is 0 Å². The molecule has 0 spiro atoms. The fraction of sp³-hybridized carbons (Fsp3) is 0.929. The Labute approximate surface area is 101 Å². The van der Waals surface area contributed by atoms with Crippen molar-refractivity contribution in [2.24, 2.45) is 11.3 Å². The average molecular weight is 227 g/mol. The normalized spacial score (nSPS) is 29.9. The molecular weight excluding hydrogens is 198 g/mol. The van der Waals surface area contributed by atoms with Crippen molar-refractivity contribution in [1.82, 2.24) is 5.32 Å². The van der Waals surface area contributed by atoms with E-state index in [1.807, 2.05) is 27.7 Å². The van der Waals surface area contributed by atoms with Crippen molar-refractivity contribution in [3.05, 3.63) is 0 Å². The summed E-state index contributed by atoms with van der Waals surface area (Å²) in [5.74, 6) is 1.20. The molecule has 2 nitrogen and oxygen atoms in total. The van der Waals surface area contributed by atoms with Crippen LogP contribution in [0.3, 0.4) is 0 Å². The molecule has 2 aliphatic rings. The van der Waals surface area contributed by atoms with Crippen LogP contribution in [-0.2, 0) is 4.79 Å². The van der Waals surface area contributed by atoms with E-state index in [0.29, 0.717) is 11.7 Å². The Hall–Kier alpha value is -0.370. The lowest BCUT2D eigenvalue weighted by Crippen LogP contribution is -2.46. The Kier molecular flexibility index (Phi) is 7.65. The number of hydrogen-bond donors (Lipinski definition) is 1. The molecule has 2 rings (SSSR count). The number of hydrogen-bond acceptors (Lipinski definition) is 2. The highest BCUT2D eigenvalue weighted by Crippen LogP contribution is 2.50. The first kappa shape index (κ1) is 15.6. The monoisotopic (exact) mass is 227 g/mol. The van der Waals surface area contributed by atoms with Crippen molar-refractivity contribution >= 4 is 5.78 Å². The smallest absolute Gasteiger partial charge is 0.140 e. The number of Topliss-reactive ketones (excluding diaryl/α,β-unsaturated/α-hetero) is 1. The van der Waals surface area contributed by atoms with Gasteiger partial charge in [-0.3, -0.25) is 4.79 Å². The van der Waals surface area contributed by atoms with Crippen LogP contribution in [0.25, 0.3) is 0 Å². The molecule has 1 saturated heterocycles. The molecule has 1 heterocycles. The van der Waals surface area contributed by atoms with Crippen molar-refractivity contribution in [2.45, 2.75) is 60.3 Å². The number of carbonyl (C=O) groups excluding carboxylic acids is 1. The quantitative estimate of drug-likeness (QED) is 0.800. The van der Waals surface area contributed by atoms with E-state index in [4.69, 9.17) is 0 Å². The van der Waals surface area contributed by atoms with E-state index in [0.717, 1.165) is 32.4 Å². The van der Waals surface area contributed by atoms with E-state index >= 15 is 0 Å². The number of rotatable bonds is 3. The maximum absolute atomic E-state index is 11.8. The summed E-state index contributed by atoms with van der Waals surface area (Å²) < 4.78 is 0. The highest BCUT2D eigenvalue weighted by molar-refractivity contribution is 5.86. The van der Waals surface area contributed by atoms with Gasteiger partial charge in [-0.25, -0.2) is 0 Å². The van der Waals surface area contributed by atoms with Crippen molar-refractivity contribution < 1.29 is 4.79 Å². The number of ketones is 1. The fourth-order valence-electron chi connectivity index (χ4n) is 2.64. The maximum atomic E-state index is 11.8. The van der Waals surface area contributed by atoms with Gasteiger partial charge in [0, 0.05) is 18.4 Å². The summed E-state index contributed by atoms with van der Waals surface area (Å²) in [5, 5.41) is 3.34. The Balaban J connectivity index is 0.000000509. The zero-order valence-corrected chi connectivity index (χ0v) is 11.7. The average Bonchev–Trinajstić information content (AvgIpc) is 2.61. The van der Waals surface area contributed by atoms with Crippen LogP contribution in [-0.4, -0.2) is 18.9 Å². The van der Waals surface area contributed by atoms with Crippen LogP contribution in [0.4, 0.5) is 0 Å². The summed E-state index contributed by atoms with van der Waals surface area (Å²) in [4.78, 5) is 11.8. The number of fused-ring (bicyclic) bond motifs is 1. The lowest BCUT2D eigenvalue weighted by molar-refractivity contribution is -0.135. The third-order valence-corrected chi connectivity index (χ3v) is 3.58. The summed E-state index contributed by atoms with van der Waals surface area (Å²) in [7, 11) is 0. The molecule has 0 bridgehead atoms. The van der Waals surface area contributed by atoms with Gasteiger partial charge in [-0.1, -0.05) is 34.6 Å². The van der Waals surface area contributed by atoms with E-state index < -0.39 is 0 Å². The standard InChI is InChI=1S/C10H17NO.2C2H6/c1-2-3-9(12)10-5-4-8(10)6-11-7-10;2*1-2/h8,11H,2-7H2,1H3;2*1-2H3. The summed E-state index contributed by atoms with van der Waals surface area (Å²) >= 11 is 0. The molecule has 96 valence electrons. The molecular formula is C14H29NO. The van der Waals surface area contributed by atoms with E-state index in [9.17, 15) is 4.79 Å². The van der Waals surface area contributed by atoms with Gasteiger partial charge in [-0.15, -0.1) is 0 Å². The first-order valence-electron chi connectivity index (χ1n) is 7.03. The largest absolute Gasteiger partial charge is 0.315 e. The summed E-state index contributed by atoms with van der Waals surface area (Å²) in [6.45, 7) is 12.1. The van der Waals surface area contributed by atoms with Crippen LogP contribution < -0.4 is 5.32 Å². The molecule has 1 aliphatic carbocycles. The van der Waals surface area contributed by atoms with Crippen molar-refractivity contribution in [1.29, 1.82) is 0 Å². The van der Waals surface area contributed by atoms with Gasteiger partial charge in [-0.2, -0.15) is 0 Å². The summed E-state index contributed by atoms with van der Waals surface area (Å²) in [5.41, 5.74) is 0.0933. The highest BCUT2D eigenvalue weighted by Gasteiger charge is 2.53. The Morgan fingerprint density at radius 3 is 2.31 bits per heavy atom. The minimum Gasteiger partial charge on any atom is -0.315 e. The molecule has 0 aromatic heterocycles. The SMILES string of the molecule is CC.CC.CCCC(=O)C12CCC1CNC2. The van der Waals surface area contributed by atoms with E-state index in [-0.39, 0.29) is 5.41 Å². The van der Waals surface area contributed by atoms with Gasteiger partial charge in [0.2, 0.25) is 0 Å². The second-order valence-corrected chi connectivity index (χ2v) is 4.20. The Bertz CT molecular complexity index is 203. The molecule has 1 N–H and O–H groups in total. The van der Waals surface area contributed by atoms with Crippen LogP contribution >= 0.6 is 0 Å². The first-order valence-corrected chi connectivity index (χ1v) is 7.03. The highest BCUT2D eigenvalue weighted by atomic mass is 16.1. The van der Waals surface area contributed by atoms with Gasteiger partial charge in [0.25, 0.3) is 0 Å². The maximum Gasteiger partial charge on any atom is 0.140 e. The van der Waals surface area contributed by atoms with Crippen LogP contribution in [0.5, 0.6) is 0 Å². The predicted octanol–water partition coefficient (Wildman–Crippen LogP) is 3.41. The topological polar surface area (TPSA) is 29.1 Å². The first-order chi connectivity index (χ1) is 7.79. The molecule has 0 aromatic carbocycles. The number of nitrogens with one attached hydrogen (secondary N) is 1. The van der Waals surface area contributed by atoms with Gasteiger partial charge >= 0.3 is 0 Å². The molecule has 16 heavy (non-hydrogen) atoms. The lowest BCUT2D eigenvalue weighted by atomic mass is 9.59. The van der Waals surface area contributed by atoms with Gasteiger partial charge in [0.1, 0.15) is 5.78 Å². The van der Waals surface area contributed by atoms with Crippen LogP contribution in [0.2, 0.25) is 0 Å². The van der Waals surface area contributed by atoms with Gasteiger partial charge < -0.3 is 5.32 Å². The second-order valence-electron chi connectivity index (χ2n) is 4.20. The lowest BCUT2D eigenvalue weighted by Gasteiger charge is -2.42. The van der Waals surface area contributed by atoms with Crippen LogP contribution in [0.1, 0.15) is 60.3 Å². The molecule has 0 amide bonds. The van der Waals surface area contributed by atoms with E-state index in [1.165, 1.54) is 6.42 Å². The third-order valence-electron chi connectivity index (χ3n) is 3.58. The van der Waals surface area contributed by atoms with Crippen LogP contribution in [0, 0.1) is 11.3 Å². The number of carbonyl (C=O) groups is 1. The molecule has 2 fully saturated rings. The zero-order chi connectivity index (χ0) is 12.6. The molecule has 1 saturated carbocycles. The van der Waals surface area contributed by atoms with Gasteiger partial charge in [-0.05, 0) is 31.7 Å². The summed E-state index contributed by atoms with van der Waals surface area (Å²) in [6, 6.07) is 0. The Morgan fingerprint density at radius 2 is 1.94 bits per heavy atom. The molecule has 1 aliphatic heterocycles. The van der Waals surface area contributed by atoms with Crippen molar-refractivity contribution in [3.8, 4) is 0 Å². The minimum absolute atomic E-state index is 0.0933. The Morgan fingerprint density at radius 1 is 1.31 bits per heavy atom. The van der Waals surface area contributed by atoms with E-state index in [1.54, 1.807) is 0 Å². The van der Waals surface area contributed by atoms with Crippen LogP contribution in [0.15, 0.2) is 0 Å². The molecule has 2 unspecified atom stereocenters. The molecule has 2 heteroatoms. The van der Waals surface area contributed by atoms with Gasteiger partial charge in [0.15, 0.2) is 0 Å². The third kappa shape index (κ3) is 2.85.